The van der Waals surface area contributed by atoms with Crippen molar-refractivity contribution in [3.63, 3.8) is 0 Å². The number of hydrogen-bond acceptors (Lipinski definition) is 5. The molecular weight excluding hydrogens is 224 g/mol. The van der Waals surface area contributed by atoms with E-state index in [4.69, 9.17) is 0 Å². The van der Waals surface area contributed by atoms with E-state index in [1.807, 2.05) is 11.4 Å². The Balaban J connectivity index is 1.88. The zero-order valence-electron chi connectivity index (χ0n) is 8.43. The minimum atomic E-state index is 0.0909. The second-order valence-corrected chi connectivity index (χ2v) is 4.61. The minimum Gasteiger partial charge on any atom is -0.364 e. The van der Waals surface area contributed by atoms with Crippen LogP contribution in [0.5, 0.6) is 0 Å². The van der Waals surface area contributed by atoms with Gasteiger partial charge in [0.15, 0.2) is 0 Å². The van der Waals surface area contributed by atoms with Crippen LogP contribution in [-0.4, -0.2) is 28.5 Å². The number of rotatable bonds is 2. The number of anilines is 1. The first-order chi connectivity index (χ1) is 7.83. The number of nitrogens with zero attached hydrogens (tertiary/aromatic N) is 2. The SMILES string of the molecule is O=C1CC(Nc2ncnc3sccc23)CN1. The quantitative estimate of drug-likeness (QED) is 0.813. The average Bonchev–Trinajstić information content (AvgIpc) is 2.87. The summed E-state index contributed by atoms with van der Waals surface area (Å²) >= 11 is 1.59. The third kappa shape index (κ3) is 1.61. The third-order valence-corrected chi connectivity index (χ3v) is 3.40. The van der Waals surface area contributed by atoms with Crippen molar-refractivity contribution in [1.29, 1.82) is 0 Å². The van der Waals surface area contributed by atoms with Crippen LogP contribution < -0.4 is 10.6 Å². The van der Waals surface area contributed by atoms with Gasteiger partial charge in [0, 0.05) is 13.0 Å². The van der Waals surface area contributed by atoms with Gasteiger partial charge in [-0.05, 0) is 11.4 Å². The van der Waals surface area contributed by atoms with Crippen LogP contribution in [0.4, 0.5) is 5.82 Å². The first-order valence-corrected chi connectivity index (χ1v) is 5.92. The van der Waals surface area contributed by atoms with Crippen LogP contribution in [0.3, 0.4) is 0 Å². The van der Waals surface area contributed by atoms with Crippen LogP contribution in [-0.2, 0) is 4.79 Å². The lowest BCUT2D eigenvalue weighted by Crippen LogP contribution is -2.22. The first-order valence-electron chi connectivity index (χ1n) is 5.04. The highest BCUT2D eigenvalue weighted by Gasteiger charge is 2.22. The zero-order chi connectivity index (χ0) is 11.0. The van der Waals surface area contributed by atoms with Crippen molar-refractivity contribution in [2.75, 3.05) is 11.9 Å². The molecule has 0 bridgehead atoms. The highest BCUT2D eigenvalue weighted by molar-refractivity contribution is 7.16. The van der Waals surface area contributed by atoms with Crippen molar-refractivity contribution in [2.24, 2.45) is 0 Å². The van der Waals surface area contributed by atoms with Gasteiger partial charge in [-0.3, -0.25) is 4.79 Å². The highest BCUT2D eigenvalue weighted by atomic mass is 32.1. The third-order valence-electron chi connectivity index (χ3n) is 2.58. The van der Waals surface area contributed by atoms with E-state index >= 15 is 0 Å². The van der Waals surface area contributed by atoms with Crippen molar-refractivity contribution >= 4 is 33.3 Å². The van der Waals surface area contributed by atoms with E-state index < -0.39 is 0 Å². The van der Waals surface area contributed by atoms with Gasteiger partial charge in [0.1, 0.15) is 17.0 Å². The fourth-order valence-electron chi connectivity index (χ4n) is 1.81. The molecule has 5 nitrogen and oxygen atoms in total. The van der Waals surface area contributed by atoms with Gasteiger partial charge in [-0.25, -0.2) is 9.97 Å². The summed E-state index contributed by atoms with van der Waals surface area (Å²) in [6.07, 6.45) is 2.06. The van der Waals surface area contributed by atoms with E-state index in [0.29, 0.717) is 13.0 Å². The maximum absolute atomic E-state index is 11.1. The van der Waals surface area contributed by atoms with Gasteiger partial charge in [-0.2, -0.15) is 0 Å². The van der Waals surface area contributed by atoms with Gasteiger partial charge in [-0.15, -0.1) is 11.3 Å². The Labute approximate surface area is 95.9 Å². The molecule has 2 aromatic heterocycles. The minimum absolute atomic E-state index is 0.0909. The normalized spacial score (nSPS) is 20.0. The molecule has 2 N–H and O–H groups in total. The van der Waals surface area contributed by atoms with Crippen molar-refractivity contribution in [3.05, 3.63) is 17.8 Å². The van der Waals surface area contributed by atoms with Crippen molar-refractivity contribution < 1.29 is 4.79 Å². The van der Waals surface area contributed by atoms with E-state index in [0.717, 1.165) is 16.0 Å². The summed E-state index contributed by atoms with van der Waals surface area (Å²) in [6, 6.07) is 2.12. The van der Waals surface area contributed by atoms with E-state index in [-0.39, 0.29) is 11.9 Å². The molecule has 0 radical (unpaired) electrons. The molecule has 16 heavy (non-hydrogen) atoms. The lowest BCUT2D eigenvalue weighted by atomic mass is 10.2. The maximum atomic E-state index is 11.1. The van der Waals surface area contributed by atoms with Crippen molar-refractivity contribution in [3.8, 4) is 0 Å². The van der Waals surface area contributed by atoms with E-state index in [1.165, 1.54) is 0 Å². The second-order valence-electron chi connectivity index (χ2n) is 3.71. The summed E-state index contributed by atoms with van der Waals surface area (Å²) in [5.41, 5.74) is 0. The van der Waals surface area contributed by atoms with Crippen LogP contribution in [0.25, 0.3) is 10.2 Å². The Kier molecular flexibility index (Phi) is 2.21. The Hall–Kier alpha value is -1.69. The predicted molar refractivity (Wildman–Crippen MR) is 62.5 cm³/mol. The zero-order valence-corrected chi connectivity index (χ0v) is 9.25. The van der Waals surface area contributed by atoms with Crippen LogP contribution >= 0.6 is 11.3 Å². The first kappa shape index (κ1) is 9.53. The second kappa shape index (κ2) is 3.71. The van der Waals surface area contributed by atoms with Crippen LogP contribution in [0, 0.1) is 0 Å². The summed E-state index contributed by atoms with van der Waals surface area (Å²) in [5.74, 6) is 0.904. The number of fused-ring (bicyclic) bond motifs is 1. The summed E-state index contributed by atoms with van der Waals surface area (Å²) < 4.78 is 0. The fraction of sp³-hybridized carbons (Fsp3) is 0.300. The number of nitrogens with one attached hydrogen (secondary N) is 2. The summed E-state index contributed by atoms with van der Waals surface area (Å²) in [4.78, 5) is 20.4. The van der Waals surface area contributed by atoms with Gasteiger partial charge in [0.2, 0.25) is 5.91 Å². The number of aromatic nitrogens is 2. The highest BCUT2D eigenvalue weighted by Crippen LogP contribution is 2.24. The predicted octanol–water partition coefficient (Wildman–Crippen LogP) is 0.992. The van der Waals surface area contributed by atoms with Crippen molar-refractivity contribution in [1.82, 2.24) is 15.3 Å². The molecule has 1 atom stereocenters. The Morgan fingerprint density at radius 3 is 3.25 bits per heavy atom. The largest absolute Gasteiger partial charge is 0.364 e. The molecule has 2 aromatic rings. The number of carbonyl (C=O) groups excluding carboxylic acids is 1. The maximum Gasteiger partial charge on any atom is 0.222 e. The smallest absolute Gasteiger partial charge is 0.222 e. The van der Waals surface area contributed by atoms with Gasteiger partial charge in [-0.1, -0.05) is 0 Å². The molecule has 3 rings (SSSR count). The fourth-order valence-corrected chi connectivity index (χ4v) is 2.54. The molecule has 1 saturated heterocycles. The molecule has 3 heterocycles. The molecule has 1 amide bonds. The van der Waals surface area contributed by atoms with E-state index in [2.05, 4.69) is 20.6 Å². The van der Waals surface area contributed by atoms with Gasteiger partial charge in [0.05, 0.1) is 11.4 Å². The summed E-state index contributed by atoms with van der Waals surface area (Å²) in [5, 5.41) is 9.07. The Bertz CT molecular complexity index is 538. The molecule has 1 aliphatic heterocycles. The molecule has 82 valence electrons. The van der Waals surface area contributed by atoms with Crippen LogP contribution in [0.2, 0.25) is 0 Å². The molecule has 0 aliphatic carbocycles. The summed E-state index contributed by atoms with van der Waals surface area (Å²) in [7, 11) is 0. The van der Waals surface area contributed by atoms with Crippen LogP contribution in [0.15, 0.2) is 17.8 Å². The van der Waals surface area contributed by atoms with Crippen LogP contribution in [0.1, 0.15) is 6.42 Å². The number of thiophene rings is 1. The Morgan fingerprint density at radius 1 is 1.50 bits per heavy atom. The average molecular weight is 234 g/mol. The lowest BCUT2D eigenvalue weighted by Gasteiger charge is -2.11. The molecule has 1 unspecified atom stereocenters. The Morgan fingerprint density at radius 2 is 2.44 bits per heavy atom. The lowest BCUT2D eigenvalue weighted by molar-refractivity contribution is -0.119. The molecule has 0 aromatic carbocycles. The molecule has 0 saturated carbocycles. The molecule has 1 fully saturated rings. The number of carbonyl (C=O) groups is 1. The summed E-state index contributed by atoms with van der Waals surface area (Å²) in [6.45, 7) is 0.661. The molecule has 1 aliphatic rings. The van der Waals surface area contributed by atoms with Crippen molar-refractivity contribution in [2.45, 2.75) is 12.5 Å². The van der Waals surface area contributed by atoms with E-state index in [1.54, 1.807) is 17.7 Å². The molecular formula is C10H10N4OS. The van der Waals surface area contributed by atoms with E-state index in [9.17, 15) is 4.79 Å². The van der Waals surface area contributed by atoms with Gasteiger partial charge < -0.3 is 10.6 Å². The topological polar surface area (TPSA) is 66.9 Å². The standard InChI is InChI=1S/C10H10N4OS/c15-8-3-6(4-11-8)14-9-7-1-2-16-10(7)13-5-12-9/h1-2,5-6H,3-4H2,(H,11,15)(H,12,13,14). The van der Waals surface area contributed by atoms with Gasteiger partial charge in [0.25, 0.3) is 0 Å². The van der Waals surface area contributed by atoms with Gasteiger partial charge >= 0.3 is 0 Å². The number of amides is 1. The monoisotopic (exact) mass is 234 g/mol. The molecule has 6 heteroatoms. The number of hydrogen-bond donors (Lipinski definition) is 2. The molecule has 0 spiro atoms.